The van der Waals surface area contributed by atoms with Gasteiger partial charge in [-0.15, -0.1) is 0 Å². The smallest absolute Gasteiger partial charge is 0.218 e. The number of fused-ring (bicyclic) bond motifs is 1. The minimum absolute atomic E-state index is 0.253. The van der Waals surface area contributed by atoms with E-state index < -0.39 is 0 Å². The Morgan fingerprint density at radius 1 is 1.32 bits per heavy atom. The summed E-state index contributed by atoms with van der Waals surface area (Å²) in [4.78, 5) is 12.4. The molecule has 4 rings (SSSR count). The van der Waals surface area contributed by atoms with Gasteiger partial charge in [0.15, 0.2) is 5.65 Å². The molecule has 22 heavy (non-hydrogen) atoms. The lowest BCUT2D eigenvalue weighted by Gasteiger charge is -2.10. The Morgan fingerprint density at radius 2 is 2.18 bits per heavy atom. The van der Waals surface area contributed by atoms with Crippen molar-refractivity contribution < 1.29 is 4.74 Å². The molecule has 3 aromatic rings. The fourth-order valence-electron chi connectivity index (χ4n) is 2.33. The summed E-state index contributed by atoms with van der Waals surface area (Å²) in [5.74, 6) is 1.04. The van der Waals surface area contributed by atoms with Crippen LogP contribution >= 0.6 is 11.6 Å². The highest BCUT2D eigenvalue weighted by molar-refractivity contribution is 6.29. The molecule has 7 heteroatoms. The second-order valence-electron chi connectivity index (χ2n) is 5.44. The van der Waals surface area contributed by atoms with Crippen molar-refractivity contribution in [3.05, 3.63) is 47.3 Å². The fraction of sp³-hybridized carbons (Fsp3) is 0.333. The summed E-state index contributed by atoms with van der Waals surface area (Å²) in [6.07, 6.45) is 5.48. The van der Waals surface area contributed by atoms with Gasteiger partial charge in [0.1, 0.15) is 23.3 Å². The van der Waals surface area contributed by atoms with Gasteiger partial charge in [-0.3, -0.25) is 0 Å². The zero-order chi connectivity index (χ0) is 15.1. The van der Waals surface area contributed by atoms with Crippen molar-refractivity contribution in [3.8, 4) is 5.88 Å². The molecule has 0 radical (unpaired) electrons. The molecule has 0 bridgehead atoms. The monoisotopic (exact) mass is 315 g/mol. The predicted molar refractivity (Wildman–Crippen MR) is 81.0 cm³/mol. The number of nitrogens with zero attached hydrogens (tertiary/aromatic N) is 5. The van der Waals surface area contributed by atoms with Gasteiger partial charge in [-0.05, 0) is 31.9 Å². The molecule has 0 aliphatic heterocycles. The maximum absolute atomic E-state index is 5.83. The first kappa shape index (κ1) is 13.5. The van der Waals surface area contributed by atoms with Gasteiger partial charge < -0.3 is 4.74 Å². The van der Waals surface area contributed by atoms with Crippen molar-refractivity contribution in [3.63, 3.8) is 0 Å². The predicted octanol–water partition coefficient (Wildman–Crippen LogP) is 3.19. The van der Waals surface area contributed by atoms with Crippen LogP contribution in [0.4, 0.5) is 0 Å². The maximum atomic E-state index is 5.83. The summed E-state index contributed by atoms with van der Waals surface area (Å²) in [6, 6.07) is 5.63. The SMILES string of the molecule is CC(Oc1cc(Cl)ncn1)c1cn2nc(C3CC3)ccc2n1. The third kappa shape index (κ3) is 2.62. The van der Waals surface area contributed by atoms with Crippen LogP contribution in [-0.4, -0.2) is 24.6 Å². The van der Waals surface area contributed by atoms with Gasteiger partial charge in [-0.2, -0.15) is 5.10 Å². The molecule has 0 aromatic carbocycles. The molecular formula is C15H14ClN5O. The van der Waals surface area contributed by atoms with Crippen molar-refractivity contribution >= 4 is 17.2 Å². The van der Waals surface area contributed by atoms with Gasteiger partial charge in [0.05, 0.1) is 11.9 Å². The van der Waals surface area contributed by atoms with Crippen LogP contribution < -0.4 is 4.74 Å². The molecule has 3 aromatic heterocycles. The van der Waals surface area contributed by atoms with Crippen LogP contribution in [0.1, 0.15) is 43.2 Å². The Kier molecular flexibility index (Phi) is 3.18. The highest BCUT2D eigenvalue weighted by atomic mass is 35.5. The van der Waals surface area contributed by atoms with Gasteiger partial charge in [-0.25, -0.2) is 19.5 Å². The molecule has 1 unspecified atom stereocenters. The number of rotatable bonds is 4. The van der Waals surface area contributed by atoms with Crippen LogP contribution in [0.15, 0.2) is 30.7 Å². The molecule has 1 saturated carbocycles. The summed E-state index contributed by atoms with van der Waals surface area (Å²) in [7, 11) is 0. The Balaban J connectivity index is 1.59. The lowest BCUT2D eigenvalue weighted by Crippen LogP contribution is -2.04. The van der Waals surface area contributed by atoms with Crippen molar-refractivity contribution in [2.75, 3.05) is 0 Å². The van der Waals surface area contributed by atoms with Crippen LogP contribution in [0.5, 0.6) is 5.88 Å². The minimum atomic E-state index is -0.253. The molecule has 0 N–H and O–H groups in total. The van der Waals surface area contributed by atoms with E-state index in [9.17, 15) is 0 Å². The molecule has 3 heterocycles. The summed E-state index contributed by atoms with van der Waals surface area (Å²) in [5, 5.41) is 4.96. The van der Waals surface area contributed by atoms with Crippen LogP contribution in [0.2, 0.25) is 5.15 Å². The molecule has 0 amide bonds. The highest BCUT2D eigenvalue weighted by Crippen LogP contribution is 2.38. The molecule has 1 aliphatic carbocycles. The molecule has 1 fully saturated rings. The van der Waals surface area contributed by atoms with Crippen LogP contribution in [0.25, 0.3) is 5.65 Å². The third-order valence-electron chi connectivity index (χ3n) is 3.68. The molecule has 6 nitrogen and oxygen atoms in total. The average molecular weight is 316 g/mol. The van der Waals surface area contributed by atoms with Gasteiger partial charge in [0.25, 0.3) is 0 Å². The van der Waals surface area contributed by atoms with Gasteiger partial charge in [0.2, 0.25) is 5.88 Å². The minimum Gasteiger partial charge on any atom is -0.468 e. The van der Waals surface area contributed by atoms with E-state index in [0.29, 0.717) is 17.0 Å². The van der Waals surface area contributed by atoms with E-state index >= 15 is 0 Å². The number of halogens is 1. The molecule has 1 aliphatic rings. The first-order valence-electron chi connectivity index (χ1n) is 7.19. The summed E-state index contributed by atoms with van der Waals surface area (Å²) in [5.41, 5.74) is 2.75. The first-order chi connectivity index (χ1) is 10.7. The van der Waals surface area contributed by atoms with E-state index in [2.05, 4.69) is 26.1 Å². The largest absolute Gasteiger partial charge is 0.468 e. The van der Waals surface area contributed by atoms with Crippen molar-refractivity contribution in [2.24, 2.45) is 0 Å². The van der Waals surface area contributed by atoms with Crippen LogP contribution in [0, 0.1) is 0 Å². The lowest BCUT2D eigenvalue weighted by atomic mass is 10.3. The van der Waals surface area contributed by atoms with E-state index in [-0.39, 0.29) is 6.10 Å². The Bertz CT molecular complexity index is 830. The van der Waals surface area contributed by atoms with Crippen molar-refractivity contribution in [1.29, 1.82) is 0 Å². The highest BCUT2D eigenvalue weighted by Gasteiger charge is 2.25. The van der Waals surface area contributed by atoms with Crippen molar-refractivity contribution in [1.82, 2.24) is 24.6 Å². The molecular weight excluding hydrogens is 302 g/mol. The number of ether oxygens (including phenoxy) is 1. The number of hydrogen-bond acceptors (Lipinski definition) is 5. The van der Waals surface area contributed by atoms with Gasteiger partial charge >= 0.3 is 0 Å². The topological polar surface area (TPSA) is 65.2 Å². The van der Waals surface area contributed by atoms with Crippen LogP contribution in [0.3, 0.4) is 0 Å². The zero-order valence-corrected chi connectivity index (χ0v) is 12.7. The summed E-state index contributed by atoms with van der Waals surface area (Å²) >= 11 is 5.83. The molecule has 112 valence electrons. The Labute approximate surface area is 132 Å². The fourth-order valence-corrected chi connectivity index (χ4v) is 2.47. The molecule has 1 atom stereocenters. The average Bonchev–Trinajstić information content (AvgIpc) is 3.25. The molecule has 0 spiro atoms. The Hall–Kier alpha value is -2.21. The second kappa shape index (κ2) is 5.21. The van der Waals surface area contributed by atoms with E-state index in [1.165, 1.54) is 19.2 Å². The van der Waals surface area contributed by atoms with Gasteiger partial charge in [0, 0.05) is 12.0 Å². The number of aromatic nitrogens is 5. The Morgan fingerprint density at radius 3 is 2.95 bits per heavy atom. The van der Waals surface area contributed by atoms with E-state index in [0.717, 1.165) is 17.0 Å². The number of imidazole rings is 1. The standard InChI is InChI=1S/C15H14ClN5O/c1-9(22-15-6-13(16)17-8-18-15)12-7-21-14(19-12)5-4-11(20-21)10-2-3-10/h4-10H,2-3H2,1H3. The zero-order valence-electron chi connectivity index (χ0n) is 12.0. The third-order valence-corrected chi connectivity index (χ3v) is 3.88. The molecule has 0 saturated heterocycles. The quantitative estimate of drug-likeness (QED) is 0.692. The maximum Gasteiger partial charge on any atom is 0.218 e. The second-order valence-corrected chi connectivity index (χ2v) is 5.83. The van der Waals surface area contributed by atoms with E-state index in [1.807, 2.05) is 23.7 Å². The van der Waals surface area contributed by atoms with Crippen molar-refractivity contribution in [2.45, 2.75) is 31.8 Å². The van der Waals surface area contributed by atoms with E-state index in [1.54, 1.807) is 6.07 Å². The lowest BCUT2D eigenvalue weighted by molar-refractivity contribution is 0.213. The van der Waals surface area contributed by atoms with Crippen LogP contribution in [-0.2, 0) is 0 Å². The number of hydrogen-bond donors (Lipinski definition) is 0. The first-order valence-corrected chi connectivity index (χ1v) is 7.57. The van der Waals surface area contributed by atoms with Gasteiger partial charge in [-0.1, -0.05) is 11.6 Å². The summed E-state index contributed by atoms with van der Waals surface area (Å²) in [6.45, 7) is 1.92. The summed E-state index contributed by atoms with van der Waals surface area (Å²) < 4.78 is 7.58. The van der Waals surface area contributed by atoms with E-state index in [4.69, 9.17) is 16.3 Å². The normalized spacial score (nSPS) is 15.9.